The standard InChI is InChI=1S/C26H18O3/c1-28-20-12-13-23-19(15-26(27)29-25(23)16-20)11-10-18-14-17-6-2-3-7-21(17)24-9-5-4-8-22(18)24/h2-16H,1H3. The highest BCUT2D eigenvalue weighted by Crippen LogP contribution is 2.30. The molecule has 1 aromatic heterocycles. The van der Waals surface area contributed by atoms with Crippen molar-refractivity contribution in [2.45, 2.75) is 0 Å². The molecule has 0 saturated heterocycles. The Bertz CT molecular complexity index is 1460. The molecule has 5 aromatic rings. The van der Waals surface area contributed by atoms with Gasteiger partial charge in [0.15, 0.2) is 0 Å². The molecule has 0 fully saturated rings. The molecule has 3 nitrogen and oxygen atoms in total. The third-order valence-electron chi connectivity index (χ3n) is 5.23. The first-order chi connectivity index (χ1) is 14.2. The second-order valence-corrected chi connectivity index (χ2v) is 6.95. The van der Waals surface area contributed by atoms with E-state index in [1.165, 1.54) is 27.6 Å². The summed E-state index contributed by atoms with van der Waals surface area (Å²) in [6.07, 6.45) is 4.04. The van der Waals surface area contributed by atoms with Gasteiger partial charge >= 0.3 is 5.63 Å². The van der Waals surface area contributed by atoms with Crippen LogP contribution in [0.5, 0.6) is 5.75 Å². The van der Waals surface area contributed by atoms with Gasteiger partial charge in [0.1, 0.15) is 11.3 Å². The van der Waals surface area contributed by atoms with Gasteiger partial charge in [0.05, 0.1) is 7.11 Å². The zero-order valence-electron chi connectivity index (χ0n) is 15.9. The highest BCUT2D eigenvalue weighted by Gasteiger charge is 2.07. The Morgan fingerprint density at radius 2 is 1.41 bits per heavy atom. The van der Waals surface area contributed by atoms with E-state index in [1.54, 1.807) is 13.2 Å². The zero-order valence-corrected chi connectivity index (χ0v) is 15.9. The van der Waals surface area contributed by atoms with E-state index in [0.717, 1.165) is 16.5 Å². The molecule has 0 radical (unpaired) electrons. The summed E-state index contributed by atoms with van der Waals surface area (Å²) in [5.41, 5.74) is 2.05. The third kappa shape index (κ3) is 3.07. The number of hydrogen-bond donors (Lipinski definition) is 0. The second-order valence-electron chi connectivity index (χ2n) is 6.95. The van der Waals surface area contributed by atoms with Crippen molar-refractivity contribution in [3.63, 3.8) is 0 Å². The summed E-state index contributed by atoms with van der Waals surface area (Å²) >= 11 is 0. The molecule has 0 spiro atoms. The first-order valence-corrected chi connectivity index (χ1v) is 9.43. The predicted octanol–water partition coefficient (Wildman–Crippen LogP) is 6.28. The molecular weight excluding hydrogens is 360 g/mol. The summed E-state index contributed by atoms with van der Waals surface area (Å²) in [7, 11) is 1.59. The minimum atomic E-state index is -0.381. The van der Waals surface area contributed by atoms with Gasteiger partial charge in [-0.15, -0.1) is 0 Å². The Morgan fingerprint density at radius 3 is 2.21 bits per heavy atom. The van der Waals surface area contributed by atoms with Crippen LogP contribution in [-0.4, -0.2) is 7.11 Å². The molecule has 0 amide bonds. The Kier molecular flexibility index (Phi) is 4.14. The van der Waals surface area contributed by atoms with Crippen LogP contribution in [-0.2, 0) is 0 Å². The van der Waals surface area contributed by atoms with Crippen molar-refractivity contribution < 1.29 is 9.15 Å². The van der Waals surface area contributed by atoms with Crippen molar-refractivity contribution in [3.05, 3.63) is 100 Å². The van der Waals surface area contributed by atoms with E-state index in [4.69, 9.17) is 9.15 Å². The minimum Gasteiger partial charge on any atom is -0.497 e. The first-order valence-electron chi connectivity index (χ1n) is 9.43. The molecule has 0 unspecified atom stereocenters. The van der Waals surface area contributed by atoms with Crippen LogP contribution in [0.15, 0.2) is 88.1 Å². The van der Waals surface area contributed by atoms with Crippen LogP contribution >= 0.6 is 0 Å². The van der Waals surface area contributed by atoms with Gasteiger partial charge in [0.2, 0.25) is 0 Å². The van der Waals surface area contributed by atoms with E-state index < -0.39 is 0 Å². The van der Waals surface area contributed by atoms with Crippen LogP contribution in [0, 0.1) is 0 Å². The summed E-state index contributed by atoms with van der Waals surface area (Å²) in [5.74, 6) is 0.655. The van der Waals surface area contributed by atoms with E-state index in [2.05, 4.69) is 48.5 Å². The Labute approximate surface area is 167 Å². The van der Waals surface area contributed by atoms with Crippen molar-refractivity contribution in [1.29, 1.82) is 0 Å². The largest absolute Gasteiger partial charge is 0.497 e. The van der Waals surface area contributed by atoms with Gasteiger partial charge in [0.25, 0.3) is 0 Å². The van der Waals surface area contributed by atoms with E-state index in [1.807, 2.05) is 30.3 Å². The molecule has 4 aromatic carbocycles. The van der Waals surface area contributed by atoms with Crippen molar-refractivity contribution in [2.75, 3.05) is 7.11 Å². The van der Waals surface area contributed by atoms with Crippen LogP contribution in [0.1, 0.15) is 11.1 Å². The van der Waals surface area contributed by atoms with Crippen LogP contribution in [0.4, 0.5) is 0 Å². The smallest absolute Gasteiger partial charge is 0.336 e. The van der Waals surface area contributed by atoms with E-state index >= 15 is 0 Å². The highest BCUT2D eigenvalue weighted by atomic mass is 16.5. The lowest BCUT2D eigenvalue weighted by Crippen LogP contribution is -1.98. The van der Waals surface area contributed by atoms with Crippen LogP contribution < -0.4 is 10.4 Å². The van der Waals surface area contributed by atoms with Gasteiger partial charge in [0, 0.05) is 17.5 Å². The Balaban J connectivity index is 1.71. The van der Waals surface area contributed by atoms with Gasteiger partial charge in [-0.3, -0.25) is 0 Å². The van der Waals surface area contributed by atoms with Gasteiger partial charge in [-0.25, -0.2) is 4.79 Å². The van der Waals surface area contributed by atoms with Gasteiger partial charge in [-0.2, -0.15) is 0 Å². The SMILES string of the molecule is COc1ccc2c(C=Cc3cc4ccccc4c4ccccc34)cc(=O)oc2c1. The molecule has 0 aliphatic heterocycles. The number of ether oxygens (including phenoxy) is 1. The summed E-state index contributed by atoms with van der Waals surface area (Å²) in [6.45, 7) is 0. The molecule has 29 heavy (non-hydrogen) atoms. The number of fused-ring (bicyclic) bond motifs is 4. The summed E-state index contributed by atoms with van der Waals surface area (Å²) in [4.78, 5) is 12.1. The number of benzene rings is 4. The second kappa shape index (κ2) is 6.95. The average Bonchev–Trinajstić information content (AvgIpc) is 2.76. The third-order valence-corrected chi connectivity index (χ3v) is 5.23. The first kappa shape index (κ1) is 17.3. The van der Waals surface area contributed by atoms with Crippen molar-refractivity contribution >= 4 is 44.7 Å². The lowest BCUT2D eigenvalue weighted by Gasteiger charge is -2.08. The molecule has 1 heterocycles. The summed E-state index contributed by atoms with van der Waals surface area (Å²) in [6, 6.07) is 26.0. The molecule has 0 aliphatic rings. The molecule has 0 saturated carbocycles. The number of methoxy groups -OCH3 is 1. The van der Waals surface area contributed by atoms with Gasteiger partial charge in [-0.1, -0.05) is 60.7 Å². The minimum absolute atomic E-state index is 0.381. The summed E-state index contributed by atoms with van der Waals surface area (Å²) < 4.78 is 10.6. The van der Waals surface area contributed by atoms with Crippen LogP contribution in [0.3, 0.4) is 0 Å². The normalized spacial score (nSPS) is 11.6. The van der Waals surface area contributed by atoms with Crippen LogP contribution in [0.2, 0.25) is 0 Å². The fourth-order valence-electron chi connectivity index (χ4n) is 3.83. The van der Waals surface area contributed by atoms with E-state index in [0.29, 0.717) is 11.3 Å². The van der Waals surface area contributed by atoms with Gasteiger partial charge < -0.3 is 9.15 Å². The van der Waals surface area contributed by atoms with Crippen molar-refractivity contribution in [1.82, 2.24) is 0 Å². The number of rotatable bonds is 3. The Hall–Kier alpha value is -3.85. The molecule has 3 heteroatoms. The van der Waals surface area contributed by atoms with Crippen LogP contribution in [0.25, 0.3) is 44.7 Å². The molecule has 0 N–H and O–H groups in total. The lowest BCUT2D eigenvalue weighted by molar-refractivity contribution is 0.414. The van der Waals surface area contributed by atoms with E-state index in [9.17, 15) is 4.79 Å². The molecule has 0 aliphatic carbocycles. The van der Waals surface area contributed by atoms with E-state index in [-0.39, 0.29) is 5.63 Å². The molecular formula is C26H18O3. The molecule has 140 valence electrons. The quantitative estimate of drug-likeness (QED) is 0.274. The zero-order chi connectivity index (χ0) is 19.8. The number of hydrogen-bond acceptors (Lipinski definition) is 3. The topological polar surface area (TPSA) is 39.4 Å². The van der Waals surface area contributed by atoms with Crippen molar-refractivity contribution in [3.8, 4) is 5.75 Å². The highest BCUT2D eigenvalue weighted by molar-refractivity contribution is 6.11. The molecule has 5 rings (SSSR count). The Morgan fingerprint density at radius 1 is 0.724 bits per heavy atom. The average molecular weight is 378 g/mol. The maximum absolute atomic E-state index is 12.1. The fourth-order valence-corrected chi connectivity index (χ4v) is 3.83. The molecule has 0 bridgehead atoms. The maximum Gasteiger partial charge on any atom is 0.336 e. The summed E-state index contributed by atoms with van der Waals surface area (Å²) in [5, 5.41) is 5.68. The fraction of sp³-hybridized carbons (Fsp3) is 0.0385. The monoisotopic (exact) mass is 378 g/mol. The van der Waals surface area contributed by atoms with Gasteiger partial charge in [-0.05, 0) is 50.9 Å². The predicted molar refractivity (Wildman–Crippen MR) is 119 cm³/mol. The molecule has 0 atom stereocenters. The lowest BCUT2D eigenvalue weighted by atomic mass is 9.96. The van der Waals surface area contributed by atoms with Crippen molar-refractivity contribution in [2.24, 2.45) is 0 Å². The maximum atomic E-state index is 12.1.